The van der Waals surface area contributed by atoms with Crippen LogP contribution in [-0.4, -0.2) is 0 Å². The Hall–Kier alpha value is -6.18. The van der Waals surface area contributed by atoms with Gasteiger partial charge in [0.2, 0.25) is 0 Å². The molecule has 5 aliphatic rings. The van der Waals surface area contributed by atoms with Crippen molar-refractivity contribution in [1.82, 2.24) is 0 Å². The van der Waals surface area contributed by atoms with Crippen molar-refractivity contribution < 1.29 is 0 Å². The molecule has 4 fully saturated rings. The molecule has 13 rings (SSSR count). The Labute approximate surface area is 355 Å². The Morgan fingerprint density at radius 2 is 1.00 bits per heavy atom. The van der Waals surface area contributed by atoms with Crippen LogP contribution in [0.5, 0.6) is 0 Å². The molecule has 0 aliphatic heterocycles. The highest BCUT2D eigenvalue weighted by atomic mass is 15.1. The lowest BCUT2D eigenvalue weighted by atomic mass is 9.48. The van der Waals surface area contributed by atoms with E-state index in [1.54, 1.807) is 5.56 Å². The van der Waals surface area contributed by atoms with Crippen LogP contribution in [-0.2, 0) is 10.8 Å². The first kappa shape index (κ1) is 35.7. The normalized spacial score (nSPS) is 21.8. The second kappa shape index (κ2) is 13.7. The van der Waals surface area contributed by atoms with Gasteiger partial charge in [-0.3, -0.25) is 0 Å². The molecule has 0 radical (unpaired) electrons. The summed E-state index contributed by atoms with van der Waals surface area (Å²) in [6, 6.07) is 68.6. The highest BCUT2D eigenvalue weighted by molar-refractivity contribution is 5.99. The molecule has 60 heavy (non-hydrogen) atoms. The third kappa shape index (κ3) is 5.73. The molecule has 1 heteroatoms. The first-order valence-electron chi connectivity index (χ1n) is 22.3. The fourth-order valence-electron chi connectivity index (χ4n) is 12.8. The van der Waals surface area contributed by atoms with Crippen LogP contribution in [0.3, 0.4) is 0 Å². The van der Waals surface area contributed by atoms with Gasteiger partial charge in [-0.15, -0.1) is 0 Å². The third-order valence-electron chi connectivity index (χ3n) is 15.2. The largest absolute Gasteiger partial charge is 0.310 e. The lowest BCUT2D eigenvalue weighted by Gasteiger charge is -2.57. The first-order valence-corrected chi connectivity index (χ1v) is 22.3. The van der Waals surface area contributed by atoms with Crippen LogP contribution in [0.2, 0.25) is 0 Å². The Kier molecular flexibility index (Phi) is 8.15. The average Bonchev–Trinajstić information content (AvgIpc) is 3.52. The van der Waals surface area contributed by atoms with Gasteiger partial charge in [-0.1, -0.05) is 159 Å². The van der Waals surface area contributed by atoms with Gasteiger partial charge in [0, 0.05) is 22.4 Å². The molecule has 0 aromatic heterocycles. The van der Waals surface area contributed by atoms with Gasteiger partial charge in [-0.2, -0.15) is 0 Å². The Morgan fingerprint density at radius 3 is 1.75 bits per heavy atom. The van der Waals surface area contributed by atoms with Crippen LogP contribution in [0.4, 0.5) is 17.1 Å². The van der Waals surface area contributed by atoms with Crippen molar-refractivity contribution in [2.24, 2.45) is 17.8 Å². The van der Waals surface area contributed by atoms with Crippen LogP contribution in [0, 0.1) is 17.8 Å². The molecule has 4 bridgehead atoms. The van der Waals surface area contributed by atoms with Crippen molar-refractivity contribution in [2.75, 3.05) is 4.90 Å². The van der Waals surface area contributed by atoms with Crippen LogP contribution in [0.15, 0.2) is 182 Å². The summed E-state index contributed by atoms with van der Waals surface area (Å²) >= 11 is 0. The van der Waals surface area contributed by atoms with Crippen molar-refractivity contribution in [3.63, 3.8) is 0 Å². The van der Waals surface area contributed by atoms with Crippen molar-refractivity contribution in [3.05, 3.63) is 199 Å². The molecule has 8 aromatic rings. The zero-order valence-electron chi connectivity index (χ0n) is 34.7. The Balaban J connectivity index is 0.980. The van der Waals surface area contributed by atoms with E-state index in [1.165, 1.54) is 105 Å². The highest BCUT2D eigenvalue weighted by Crippen LogP contribution is 2.61. The predicted octanol–water partition coefficient (Wildman–Crippen LogP) is 16.1. The minimum Gasteiger partial charge on any atom is -0.310 e. The maximum absolute atomic E-state index is 2.49. The van der Waals surface area contributed by atoms with Gasteiger partial charge in [0.15, 0.2) is 0 Å². The maximum atomic E-state index is 2.49. The molecule has 0 heterocycles. The second-order valence-corrected chi connectivity index (χ2v) is 19.2. The van der Waals surface area contributed by atoms with E-state index in [2.05, 4.69) is 201 Å². The van der Waals surface area contributed by atoms with E-state index in [9.17, 15) is 0 Å². The minimum atomic E-state index is -0.111. The quantitative estimate of drug-likeness (QED) is 0.156. The van der Waals surface area contributed by atoms with Crippen molar-refractivity contribution in [2.45, 2.75) is 63.2 Å². The van der Waals surface area contributed by atoms with Gasteiger partial charge < -0.3 is 4.90 Å². The van der Waals surface area contributed by atoms with E-state index < -0.39 is 0 Å². The average molecular weight is 774 g/mol. The molecule has 0 atom stereocenters. The summed E-state index contributed by atoms with van der Waals surface area (Å²) < 4.78 is 0. The lowest BCUT2D eigenvalue weighted by Crippen LogP contribution is -2.48. The topological polar surface area (TPSA) is 3.24 Å². The summed E-state index contributed by atoms with van der Waals surface area (Å²) in [5, 5.41) is 2.52. The van der Waals surface area contributed by atoms with Gasteiger partial charge in [-0.05, 0) is 164 Å². The van der Waals surface area contributed by atoms with Crippen LogP contribution in [0.25, 0.3) is 55.3 Å². The van der Waals surface area contributed by atoms with Gasteiger partial charge in [-0.25, -0.2) is 0 Å². The Bertz CT molecular complexity index is 2880. The summed E-state index contributed by atoms with van der Waals surface area (Å²) in [6.07, 6.45) is 8.67. The maximum Gasteiger partial charge on any atom is 0.0540 e. The standard InChI is InChI=1S/C59H51N/c1-58(2)55-18-9-8-16-52(55)53-29-28-49(35-56(53)58)60(57-30-23-46(34-54(57)45-11-4-3-5-12-45)51-17-10-14-44-13-6-7-15-50(44)51)48-26-21-43(22-27-48)42-19-24-47(25-20-42)59-36-39-31-40(37-59)33-41(32-39)38-59/h3-30,34-35,39-41H,31-33,36-38H2,1-2H3. The number of nitrogens with zero attached hydrogens (tertiary/aromatic N) is 1. The molecule has 0 saturated heterocycles. The molecule has 0 amide bonds. The van der Waals surface area contributed by atoms with Gasteiger partial charge in [0.05, 0.1) is 5.69 Å². The summed E-state index contributed by atoms with van der Waals surface area (Å²) in [6.45, 7) is 4.76. The van der Waals surface area contributed by atoms with E-state index >= 15 is 0 Å². The van der Waals surface area contributed by atoms with Crippen LogP contribution >= 0.6 is 0 Å². The van der Waals surface area contributed by atoms with Crippen LogP contribution in [0.1, 0.15) is 69.1 Å². The van der Waals surface area contributed by atoms with Gasteiger partial charge in [0.1, 0.15) is 0 Å². The Morgan fingerprint density at radius 1 is 0.417 bits per heavy atom. The third-order valence-corrected chi connectivity index (χ3v) is 15.2. The number of anilines is 3. The summed E-state index contributed by atoms with van der Waals surface area (Å²) in [7, 11) is 0. The predicted molar refractivity (Wildman–Crippen MR) is 252 cm³/mol. The first-order chi connectivity index (χ1) is 29.4. The van der Waals surface area contributed by atoms with Crippen molar-refractivity contribution >= 4 is 27.8 Å². The minimum absolute atomic E-state index is 0.111. The lowest BCUT2D eigenvalue weighted by molar-refractivity contribution is -0.00518. The molecule has 0 unspecified atom stereocenters. The molecule has 1 nitrogen and oxygen atoms in total. The van der Waals surface area contributed by atoms with E-state index in [0.717, 1.165) is 34.8 Å². The molecular weight excluding hydrogens is 723 g/mol. The van der Waals surface area contributed by atoms with Crippen LogP contribution < -0.4 is 4.90 Å². The SMILES string of the molecule is CC1(C)c2ccccc2-c2ccc(N(c3ccc(-c4ccc(C56CC7CC(CC(C7)C5)C6)cc4)cc3)c3ccc(-c4cccc5ccccc45)cc3-c3ccccc3)cc21. The molecular formula is C59H51N. The summed E-state index contributed by atoms with van der Waals surface area (Å²) in [4.78, 5) is 2.49. The second-order valence-electron chi connectivity index (χ2n) is 19.2. The molecule has 8 aromatic carbocycles. The van der Waals surface area contributed by atoms with E-state index in [1.807, 2.05) is 0 Å². The zero-order valence-corrected chi connectivity index (χ0v) is 34.7. The van der Waals surface area contributed by atoms with Crippen molar-refractivity contribution in [3.8, 4) is 44.5 Å². The number of hydrogen-bond donors (Lipinski definition) is 0. The van der Waals surface area contributed by atoms with Crippen molar-refractivity contribution in [1.29, 1.82) is 0 Å². The number of hydrogen-bond acceptors (Lipinski definition) is 1. The summed E-state index contributed by atoms with van der Waals surface area (Å²) in [5.74, 6) is 2.86. The molecule has 5 aliphatic carbocycles. The molecule has 4 saturated carbocycles. The fraction of sp³-hybridized carbons (Fsp3) is 0.220. The monoisotopic (exact) mass is 773 g/mol. The highest BCUT2D eigenvalue weighted by Gasteiger charge is 2.51. The van der Waals surface area contributed by atoms with E-state index in [0.29, 0.717) is 5.41 Å². The molecule has 0 spiro atoms. The fourth-order valence-corrected chi connectivity index (χ4v) is 12.8. The van der Waals surface area contributed by atoms with Gasteiger partial charge in [0.25, 0.3) is 0 Å². The number of fused-ring (bicyclic) bond motifs is 4. The summed E-state index contributed by atoms with van der Waals surface area (Å²) in [5.41, 5.74) is 18.2. The molecule has 0 N–H and O–H groups in total. The molecule has 292 valence electrons. The van der Waals surface area contributed by atoms with E-state index in [-0.39, 0.29) is 5.41 Å². The van der Waals surface area contributed by atoms with E-state index in [4.69, 9.17) is 0 Å². The smallest absolute Gasteiger partial charge is 0.0540 e. The zero-order chi connectivity index (χ0) is 40.0. The van der Waals surface area contributed by atoms with Gasteiger partial charge >= 0.3 is 0 Å². The number of rotatable bonds is 7. The number of benzene rings is 8.